The molecule has 0 saturated heterocycles. The Hall–Kier alpha value is -2.73. The van der Waals surface area contributed by atoms with Crippen LogP contribution in [0, 0.1) is 0 Å². The second-order valence-corrected chi connectivity index (χ2v) is 7.22. The number of rotatable bonds is 3. The van der Waals surface area contributed by atoms with Gasteiger partial charge in [0.1, 0.15) is 5.82 Å². The highest BCUT2D eigenvalue weighted by Crippen LogP contribution is 2.39. The summed E-state index contributed by atoms with van der Waals surface area (Å²) in [7, 11) is 0. The van der Waals surface area contributed by atoms with E-state index in [0.29, 0.717) is 35.4 Å². The number of carbonyl (C=O) groups excluding carboxylic acids is 1. The van der Waals surface area contributed by atoms with E-state index in [1.807, 2.05) is 50.2 Å². The van der Waals surface area contributed by atoms with Gasteiger partial charge in [0.25, 0.3) is 11.5 Å². The molecule has 0 N–H and O–H groups in total. The molecule has 5 nitrogen and oxygen atoms in total. The third-order valence-electron chi connectivity index (χ3n) is 4.81. The number of amides is 1. The third kappa shape index (κ3) is 2.80. The number of hydrogen-bond donors (Lipinski definition) is 0. The summed E-state index contributed by atoms with van der Waals surface area (Å²) in [5.74, 6) is 0.420. The van der Waals surface area contributed by atoms with E-state index in [0.717, 1.165) is 15.7 Å². The Morgan fingerprint density at radius 1 is 1.07 bits per heavy atom. The molecule has 0 aliphatic carbocycles. The smallest absolute Gasteiger partial charge is 0.261 e. The van der Waals surface area contributed by atoms with E-state index in [1.54, 1.807) is 21.6 Å². The summed E-state index contributed by atoms with van der Waals surface area (Å²) >= 11 is 3.48. The van der Waals surface area contributed by atoms with E-state index in [1.165, 1.54) is 0 Å². The first-order chi connectivity index (χ1) is 13.0. The van der Waals surface area contributed by atoms with Crippen LogP contribution >= 0.6 is 15.9 Å². The molecule has 0 bridgehead atoms. The summed E-state index contributed by atoms with van der Waals surface area (Å²) in [6.45, 7) is 4.91. The van der Waals surface area contributed by atoms with Crippen molar-refractivity contribution in [2.75, 3.05) is 11.4 Å². The number of para-hydroxylation sites is 1. The van der Waals surface area contributed by atoms with Crippen LogP contribution in [0.25, 0.3) is 22.6 Å². The zero-order chi connectivity index (χ0) is 19.1. The molecule has 0 saturated carbocycles. The van der Waals surface area contributed by atoms with Crippen LogP contribution in [0.5, 0.6) is 0 Å². The summed E-state index contributed by atoms with van der Waals surface area (Å²) in [5, 5.41) is 0.581. The van der Waals surface area contributed by atoms with Crippen LogP contribution in [0.15, 0.2) is 51.7 Å². The van der Waals surface area contributed by atoms with Crippen molar-refractivity contribution in [2.45, 2.75) is 20.4 Å². The fourth-order valence-electron chi connectivity index (χ4n) is 3.51. The SMILES string of the molecule is CCN1C(=O)C(=Cc2nc3ccccc3c(=O)n2CC)c2cc(Br)ccc21. The number of anilines is 1. The van der Waals surface area contributed by atoms with Gasteiger partial charge in [-0.2, -0.15) is 0 Å². The summed E-state index contributed by atoms with van der Waals surface area (Å²) in [5.41, 5.74) is 2.82. The Balaban J connectivity index is 1.98. The van der Waals surface area contributed by atoms with E-state index < -0.39 is 0 Å². The normalized spacial score (nSPS) is 15.0. The number of halogens is 1. The summed E-state index contributed by atoms with van der Waals surface area (Å²) in [6, 6.07) is 13.1. The van der Waals surface area contributed by atoms with Crippen molar-refractivity contribution in [1.82, 2.24) is 9.55 Å². The van der Waals surface area contributed by atoms with Crippen LogP contribution in [-0.4, -0.2) is 22.0 Å². The van der Waals surface area contributed by atoms with Gasteiger partial charge in [0.05, 0.1) is 22.2 Å². The highest BCUT2D eigenvalue weighted by molar-refractivity contribution is 9.10. The Labute approximate surface area is 165 Å². The molecule has 1 aliphatic rings. The topological polar surface area (TPSA) is 55.2 Å². The molecule has 2 heterocycles. The van der Waals surface area contributed by atoms with Crippen molar-refractivity contribution >= 4 is 50.1 Å². The van der Waals surface area contributed by atoms with Gasteiger partial charge in [-0.25, -0.2) is 4.98 Å². The number of nitrogens with zero attached hydrogens (tertiary/aromatic N) is 3. The molecule has 6 heteroatoms. The predicted molar refractivity (Wildman–Crippen MR) is 112 cm³/mol. The van der Waals surface area contributed by atoms with Crippen molar-refractivity contribution in [2.24, 2.45) is 0 Å². The number of hydrogen-bond acceptors (Lipinski definition) is 3. The monoisotopic (exact) mass is 423 g/mol. The van der Waals surface area contributed by atoms with Crippen LogP contribution < -0.4 is 10.5 Å². The highest BCUT2D eigenvalue weighted by atomic mass is 79.9. The molecular formula is C21H18BrN3O2. The predicted octanol–water partition coefficient (Wildman–Crippen LogP) is 4.09. The average Bonchev–Trinajstić information content (AvgIpc) is 2.93. The number of benzene rings is 2. The quantitative estimate of drug-likeness (QED) is 0.596. The molecule has 3 aromatic rings. The first-order valence-electron chi connectivity index (χ1n) is 8.88. The number of likely N-dealkylation sites (N-methyl/N-ethyl adjacent to an activating group) is 1. The zero-order valence-corrected chi connectivity index (χ0v) is 16.7. The first-order valence-corrected chi connectivity index (χ1v) is 9.67. The van der Waals surface area contributed by atoms with Crippen LogP contribution in [0.2, 0.25) is 0 Å². The Bertz CT molecular complexity index is 1160. The minimum Gasteiger partial charge on any atom is -0.308 e. The van der Waals surface area contributed by atoms with E-state index in [-0.39, 0.29) is 11.5 Å². The Morgan fingerprint density at radius 2 is 1.85 bits per heavy atom. The molecule has 1 aliphatic heterocycles. The van der Waals surface area contributed by atoms with Crippen molar-refractivity contribution in [1.29, 1.82) is 0 Å². The summed E-state index contributed by atoms with van der Waals surface area (Å²) in [6.07, 6.45) is 1.74. The van der Waals surface area contributed by atoms with Gasteiger partial charge in [-0.05, 0) is 50.3 Å². The first kappa shape index (κ1) is 17.7. The molecular weight excluding hydrogens is 406 g/mol. The molecule has 0 fully saturated rings. The fourth-order valence-corrected chi connectivity index (χ4v) is 3.87. The molecule has 1 amide bonds. The molecule has 0 atom stereocenters. The fraction of sp³-hybridized carbons (Fsp3) is 0.190. The van der Waals surface area contributed by atoms with Crippen LogP contribution in [0.4, 0.5) is 5.69 Å². The van der Waals surface area contributed by atoms with Crippen molar-refractivity contribution in [3.05, 3.63) is 68.7 Å². The maximum Gasteiger partial charge on any atom is 0.261 e. The van der Waals surface area contributed by atoms with E-state index in [4.69, 9.17) is 0 Å². The van der Waals surface area contributed by atoms with Crippen molar-refractivity contribution < 1.29 is 4.79 Å². The minimum absolute atomic E-state index is 0.0735. The summed E-state index contributed by atoms with van der Waals surface area (Å²) in [4.78, 5) is 32.2. The van der Waals surface area contributed by atoms with Crippen molar-refractivity contribution in [3.63, 3.8) is 0 Å². The zero-order valence-electron chi connectivity index (χ0n) is 15.1. The Kier molecular flexibility index (Phi) is 4.44. The van der Waals surface area contributed by atoms with E-state index in [2.05, 4.69) is 20.9 Å². The van der Waals surface area contributed by atoms with Crippen LogP contribution in [0.1, 0.15) is 25.2 Å². The largest absolute Gasteiger partial charge is 0.308 e. The second-order valence-electron chi connectivity index (χ2n) is 6.31. The minimum atomic E-state index is -0.0952. The van der Waals surface area contributed by atoms with Gasteiger partial charge in [0.2, 0.25) is 0 Å². The maximum absolute atomic E-state index is 13.0. The highest BCUT2D eigenvalue weighted by Gasteiger charge is 2.31. The molecule has 0 spiro atoms. The molecule has 27 heavy (non-hydrogen) atoms. The molecule has 136 valence electrons. The number of aromatic nitrogens is 2. The van der Waals surface area contributed by atoms with Crippen molar-refractivity contribution in [3.8, 4) is 0 Å². The van der Waals surface area contributed by atoms with E-state index in [9.17, 15) is 9.59 Å². The van der Waals surface area contributed by atoms with E-state index >= 15 is 0 Å². The molecule has 1 aromatic heterocycles. The van der Waals surface area contributed by atoms with Gasteiger partial charge in [0.15, 0.2) is 0 Å². The van der Waals surface area contributed by atoms with Gasteiger partial charge in [-0.15, -0.1) is 0 Å². The lowest BCUT2D eigenvalue weighted by atomic mass is 10.1. The van der Waals surface area contributed by atoms with Gasteiger partial charge >= 0.3 is 0 Å². The van der Waals surface area contributed by atoms with Crippen LogP contribution in [-0.2, 0) is 11.3 Å². The Morgan fingerprint density at radius 3 is 2.59 bits per heavy atom. The van der Waals surface area contributed by atoms with Gasteiger partial charge in [0, 0.05) is 23.1 Å². The molecule has 4 rings (SSSR count). The molecule has 2 aromatic carbocycles. The second kappa shape index (κ2) is 6.78. The van der Waals surface area contributed by atoms with Gasteiger partial charge < -0.3 is 4.90 Å². The van der Waals surface area contributed by atoms with Gasteiger partial charge in [-0.3, -0.25) is 14.2 Å². The lowest BCUT2D eigenvalue weighted by Gasteiger charge is -2.13. The van der Waals surface area contributed by atoms with Crippen LogP contribution in [0.3, 0.4) is 0 Å². The average molecular weight is 424 g/mol. The van der Waals surface area contributed by atoms with Gasteiger partial charge in [-0.1, -0.05) is 28.1 Å². The third-order valence-corrected chi connectivity index (χ3v) is 5.31. The molecule has 0 radical (unpaired) electrons. The molecule has 0 unspecified atom stereocenters. The standard InChI is InChI=1S/C21H18BrN3O2/c1-3-24-18-10-9-13(22)11-15(18)16(21(24)27)12-19-23-17-8-6-5-7-14(17)20(26)25(19)4-2/h5-12H,3-4H2,1-2H3. The number of fused-ring (bicyclic) bond motifs is 2. The lowest BCUT2D eigenvalue weighted by Crippen LogP contribution is -2.26. The summed E-state index contributed by atoms with van der Waals surface area (Å²) < 4.78 is 2.51. The lowest BCUT2D eigenvalue weighted by molar-refractivity contribution is -0.112. The number of carbonyl (C=O) groups is 1. The maximum atomic E-state index is 13.0.